The van der Waals surface area contributed by atoms with Crippen LogP contribution in [0.1, 0.15) is 30.8 Å². The summed E-state index contributed by atoms with van der Waals surface area (Å²) in [6.07, 6.45) is 9.16. The predicted octanol–water partition coefficient (Wildman–Crippen LogP) is 3.00. The molecule has 0 bridgehead atoms. The molecule has 0 fully saturated rings. The van der Waals surface area contributed by atoms with Crippen molar-refractivity contribution >= 4 is 11.5 Å². The summed E-state index contributed by atoms with van der Waals surface area (Å²) in [5.74, 6) is 1.03. The van der Waals surface area contributed by atoms with Crippen molar-refractivity contribution in [2.24, 2.45) is 0 Å². The number of hydrogen-bond donors (Lipinski definition) is 1. The van der Waals surface area contributed by atoms with Crippen molar-refractivity contribution in [3.8, 4) is 12.3 Å². The van der Waals surface area contributed by atoms with E-state index < -0.39 is 5.97 Å². The maximum absolute atomic E-state index is 10.8. The predicted molar refractivity (Wildman–Crippen MR) is 76.6 cm³/mol. The van der Waals surface area contributed by atoms with Crippen LogP contribution >= 0.6 is 0 Å². The van der Waals surface area contributed by atoms with E-state index in [-0.39, 0.29) is 5.57 Å². The number of aryl methyl sites for hydroxylation is 2. The number of rotatable bonds is 4. The Morgan fingerprint density at radius 1 is 1.47 bits per heavy atom. The van der Waals surface area contributed by atoms with Gasteiger partial charge in [0.05, 0.1) is 5.69 Å². The molecule has 0 unspecified atom stereocenters. The Hall–Kier alpha value is -2.34. The van der Waals surface area contributed by atoms with Crippen LogP contribution in [0.5, 0.6) is 0 Å². The molecule has 1 aromatic heterocycles. The van der Waals surface area contributed by atoms with Crippen molar-refractivity contribution in [3.05, 3.63) is 46.8 Å². The van der Waals surface area contributed by atoms with Crippen LogP contribution in [0.2, 0.25) is 0 Å². The molecule has 1 aromatic rings. The minimum absolute atomic E-state index is 0.0683. The van der Waals surface area contributed by atoms with Gasteiger partial charge in [-0.1, -0.05) is 25.0 Å². The largest absolute Gasteiger partial charge is 0.477 e. The molecule has 0 radical (unpaired) electrons. The topological polar surface area (TPSA) is 50.2 Å². The lowest BCUT2D eigenvalue weighted by atomic mass is 10.1. The second-order valence-corrected chi connectivity index (χ2v) is 4.17. The summed E-state index contributed by atoms with van der Waals surface area (Å²) in [6, 6.07) is 3.97. The Morgan fingerprint density at radius 3 is 2.63 bits per heavy atom. The van der Waals surface area contributed by atoms with E-state index >= 15 is 0 Å². The van der Waals surface area contributed by atoms with Crippen LogP contribution in [0.25, 0.3) is 5.57 Å². The molecule has 98 valence electrons. The third-order valence-electron chi connectivity index (χ3n) is 2.87. The highest BCUT2D eigenvalue weighted by Crippen LogP contribution is 2.15. The van der Waals surface area contributed by atoms with E-state index in [2.05, 4.69) is 17.8 Å². The van der Waals surface area contributed by atoms with Gasteiger partial charge in [-0.25, -0.2) is 4.79 Å². The lowest BCUT2D eigenvalue weighted by Gasteiger charge is -2.05. The van der Waals surface area contributed by atoms with Crippen molar-refractivity contribution in [1.82, 2.24) is 4.98 Å². The van der Waals surface area contributed by atoms with Crippen molar-refractivity contribution in [1.29, 1.82) is 0 Å². The first-order valence-corrected chi connectivity index (χ1v) is 6.05. The third kappa shape index (κ3) is 3.82. The fourth-order valence-electron chi connectivity index (χ4n) is 1.66. The third-order valence-corrected chi connectivity index (χ3v) is 2.87. The molecule has 0 saturated carbocycles. The van der Waals surface area contributed by atoms with Gasteiger partial charge >= 0.3 is 5.97 Å². The Labute approximate surface area is 113 Å². The van der Waals surface area contributed by atoms with E-state index in [9.17, 15) is 4.79 Å². The van der Waals surface area contributed by atoms with Crippen LogP contribution in [0.3, 0.4) is 0 Å². The Bertz CT molecular complexity index is 589. The molecular weight excluding hydrogens is 238 g/mol. The fraction of sp³-hybridized carbons (Fsp3) is 0.250. The van der Waals surface area contributed by atoms with E-state index in [0.717, 1.165) is 23.4 Å². The van der Waals surface area contributed by atoms with Crippen LogP contribution in [0.4, 0.5) is 0 Å². The van der Waals surface area contributed by atoms with Gasteiger partial charge in [0.15, 0.2) is 0 Å². The van der Waals surface area contributed by atoms with Crippen LogP contribution < -0.4 is 0 Å². The Balaban J connectivity index is 3.07. The normalized spacial score (nSPS) is 12.1. The van der Waals surface area contributed by atoms with Gasteiger partial charge in [-0.3, -0.25) is 4.98 Å². The number of allylic oxidation sites excluding steroid dienone is 3. The molecule has 0 atom stereocenters. The number of aliphatic carboxylic acids is 1. The second-order valence-electron chi connectivity index (χ2n) is 4.17. The Morgan fingerprint density at radius 2 is 2.16 bits per heavy atom. The minimum Gasteiger partial charge on any atom is -0.477 e. The highest BCUT2D eigenvalue weighted by Gasteiger charge is 2.03. The fourth-order valence-corrected chi connectivity index (χ4v) is 1.66. The average molecular weight is 255 g/mol. The van der Waals surface area contributed by atoms with Gasteiger partial charge in [0.25, 0.3) is 0 Å². The molecule has 1 rings (SSSR count). The zero-order valence-electron chi connectivity index (χ0n) is 11.4. The second kappa shape index (κ2) is 6.55. The number of pyridine rings is 1. The van der Waals surface area contributed by atoms with Crippen molar-refractivity contribution in [3.63, 3.8) is 0 Å². The number of nitrogens with zero attached hydrogens (tertiary/aromatic N) is 1. The monoisotopic (exact) mass is 255 g/mol. The van der Waals surface area contributed by atoms with Crippen molar-refractivity contribution < 1.29 is 9.90 Å². The summed E-state index contributed by atoms with van der Waals surface area (Å²) in [7, 11) is 0. The first-order chi connectivity index (χ1) is 8.99. The van der Waals surface area contributed by atoms with Gasteiger partial charge in [0.2, 0.25) is 0 Å². The summed E-state index contributed by atoms with van der Waals surface area (Å²) >= 11 is 0. The molecule has 0 aliphatic rings. The van der Waals surface area contributed by atoms with Gasteiger partial charge in [0.1, 0.15) is 5.57 Å². The molecule has 3 heteroatoms. The van der Waals surface area contributed by atoms with Gasteiger partial charge in [0, 0.05) is 5.69 Å². The van der Waals surface area contributed by atoms with Crippen LogP contribution in [0, 0.1) is 19.3 Å². The standard InChI is InChI=1S/C16H17NO2/c1-5-13-9-10-15(17-12(13)4)11(3)7-8-14(6-2)16(18)19/h2,7-10H,5H2,1,3-4H3,(H,18,19)/b11-7+,14-8+. The zero-order valence-corrected chi connectivity index (χ0v) is 11.4. The number of carbonyl (C=O) groups is 1. The summed E-state index contributed by atoms with van der Waals surface area (Å²) < 4.78 is 0. The van der Waals surface area contributed by atoms with Crippen LogP contribution in [-0.4, -0.2) is 16.1 Å². The van der Waals surface area contributed by atoms with Crippen LogP contribution in [-0.2, 0) is 11.2 Å². The van der Waals surface area contributed by atoms with E-state index in [1.54, 1.807) is 6.08 Å². The highest BCUT2D eigenvalue weighted by molar-refractivity contribution is 5.92. The van der Waals surface area contributed by atoms with E-state index in [0.29, 0.717) is 0 Å². The molecule has 0 aliphatic carbocycles. The SMILES string of the molecule is C#C/C(=C\C=C(/C)c1ccc(CC)c(C)n1)C(=O)O. The maximum Gasteiger partial charge on any atom is 0.344 e. The van der Waals surface area contributed by atoms with E-state index in [1.807, 2.05) is 26.0 Å². The zero-order chi connectivity index (χ0) is 14.4. The lowest BCUT2D eigenvalue weighted by Crippen LogP contribution is -1.97. The highest BCUT2D eigenvalue weighted by atomic mass is 16.4. The average Bonchev–Trinajstić information content (AvgIpc) is 2.38. The summed E-state index contributed by atoms with van der Waals surface area (Å²) in [6.45, 7) is 5.93. The molecule has 0 saturated heterocycles. The van der Waals surface area contributed by atoms with Crippen LogP contribution in [0.15, 0.2) is 29.9 Å². The number of carboxylic acid groups (broad SMARTS) is 1. The van der Waals surface area contributed by atoms with Crippen molar-refractivity contribution in [2.75, 3.05) is 0 Å². The molecule has 0 aliphatic heterocycles. The van der Waals surface area contributed by atoms with Gasteiger partial charge < -0.3 is 5.11 Å². The molecule has 3 nitrogen and oxygen atoms in total. The van der Waals surface area contributed by atoms with E-state index in [4.69, 9.17) is 11.5 Å². The number of hydrogen-bond acceptors (Lipinski definition) is 2. The first-order valence-electron chi connectivity index (χ1n) is 6.05. The summed E-state index contributed by atoms with van der Waals surface area (Å²) in [4.78, 5) is 15.3. The summed E-state index contributed by atoms with van der Waals surface area (Å²) in [5.41, 5.74) is 3.84. The maximum atomic E-state index is 10.8. The smallest absolute Gasteiger partial charge is 0.344 e. The van der Waals surface area contributed by atoms with E-state index in [1.165, 1.54) is 11.6 Å². The van der Waals surface area contributed by atoms with Gasteiger partial charge in [-0.2, -0.15) is 0 Å². The van der Waals surface area contributed by atoms with Crippen molar-refractivity contribution in [2.45, 2.75) is 27.2 Å². The van der Waals surface area contributed by atoms with Gasteiger partial charge in [-0.15, -0.1) is 6.42 Å². The quantitative estimate of drug-likeness (QED) is 0.511. The first kappa shape index (κ1) is 14.7. The minimum atomic E-state index is -1.10. The molecule has 0 amide bonds. The number of terminal acetylenes is 1. The molecular formula is C16H17NO2. The Kier molecular flexibility index (Phi) is 5.08. The summed E-state index contributed by atoms with van der Waals surface area (Å²) in [5, 5.41) is 8.81. The molecule has 0 spiro atoms. The number of aromatic nitrogens is 1. The molecule has 1 heterocycles. The lowest BCUT2D eigenvalue weighted by molar-refractivity contribution is -0.132. The number of carboxylic acids is 1. The molecule has 0 aromatic carbocycles. The van der Waals surface area contributed by atoms with Gasteiger partial charge in [-0.05, 0) is 43.5 Å². The molecule has 1 N–H and O–H groups in total. The molecule has 19 heavy (non-hydrogen) atoms.